The molecule has 2 aromatic heterocycles. The van der Waals surface area contributed by atoms with E-state index >= 15 is 0 Å². The molecule has 4 heterocycles. The van der Waals surface area contributed by atoms with Crippen LogP contribution in [0, 0.1) is 12.8 Å². The van der Waals surface area contributed by atoms with Crippen molar-refractivity contribution in [3.05, 3.63) is 46.0 Å². The molecular weight excluding hydrogens is 439 g/mol. The molecule has 5 rings (SSSR count). The fourth-order valence-corrected chi connectivity index (χ4v) is 4.79. The van der Waals surface area contributed by atoms with Crippen LogP contribution in [0.3, 0.4) is 0 Å². The number of hydrogen-bond acceptors (Lipinski definition) is 7. The quantitative estimate of drug-likeness (QED) is 0.643. The smallest absolute Gasteiger partial charge is 0.379 e. The van der Waals surface area contributed by atoms with Gasteiger partial charge in [0, 0.05) is 48.6 Å². The van der Waals surface area contributed by atoms with Crippen LogP contribution < -0.4 is 15.4 Å². The zero-order valence-corrected chi connectivity index (χ0v) is 18.1. The van der Waals surface area contributed by atoms with Crippen LogP contribution in [0.2, 0.25) is 0 Å². The van der Waals surface area contributed by atoms with E-state index in [1.165, 1.54) is 16.8 Å². The summed E-state index contributed by atoms with van der Waals surface area (Å²) in [5.74, 6) is 0.0426. The molecule has 0 N–H and O–H groups in total. The minimum atomic E-state index is -4.58. The Labute approximate surface area is 188 Å². The number of aromatic nitrogens is 3. The summed E-state index contributed by atoms with van der Waals surface area (Å²) in [5, 5.41) is 0. The van der Waals surface area contributed by atoms with E-state index < -0.39 is 30.1 Å². The fraction of sp³-hybridized carbons (Fsp3) is 0.545. The first-order chi connectivity index (χ1) is 15.7. The number of aryl methyl sites for hydroxylation is 1. The zero-order chi connectivity index (χ0) is 23.3. The molecule has 2 aliphatic heterocycles. The molecular formula is C22H24F3N5O3. The maximum atomic E-state index is 14.0. The molecule has 0 bridgehead atoms. The highest BCUT2D eigenvalue weighted by Gasteiger charge is 2.48. The van der Waals surface area contributed by atoms with Gasteiger partial charge >= 0.3 is 6.18 Å². The van der Waals surface area contributed by atoms with Crippen LogP contribution in [0.1, 0.15) is 28.9 Å². The summed E-state index contributed by atoms with van der Waals surface area (Å²) in [6, 6.07) is 2.74. The lowest BCUT2D eigenvalue weighted by atomic mass is 10.1. The molecule has 33 heavy (non-hydrogen) atoms. The van der Waals surface area contributed by atoms with Crippen LogP contribution in [0.15, 0.2) is 29.2 Å². The number of rotatable bonds is 4. The summed E-state index contributed by atoms with van der Waals surface area (Å²) in [5.41, 5.74) is 0.263. The molecule has 3 atom stereocenters. The van der Waals surface area contributed by atoms with Crippen LogP contribution in [-0.2, 0) is 11.3 Å². The van der Waals surface area contributed by atoms with Gasteiger partial charge in [0.25, 0.3) is 5.56 Å². The van der Waals surface area contributed by atoms with Gasteiger partial charge < -0.3 is 14.5 Å². The minimum Gasteiger partial charge on any atom is -0.379 e. The van der Waals surface area contributed by atoms with Gasteiger partial charge in [0.2, 0.25) is 5.95 Å². The summed E-state index contributed by atoms with van der Waals surface area (Å²) in [7, 11) is 0. The second kappa shape index (κ2) is 8.12. The van der Waals surface area contributed by atoms with E-state index in [4.69, 9.17) is 4.74 Å². The van der Waals surface area contributed by atoms with Gasteiger partial charge in [-0.2, -0.15) is 18.2 Å². The number of alkyl halides is 3. The van der Waals surface area contributed by atoms with Gasteiger partial charge in [0.1, 0.15) is 11.9 Å². The molecule has 2 aromatic rings. The topological polar surface area (TPSA) is 80.6 Å². The second-order valence-corrected chi connectivity index (χ2v) is 8.77. The lowest BCUT2D eigenvalue weighted by Crippen LogP contribution is -2.54. The normalized spacial score (nSPS) is 24.7. The molecule has 1 aliphatic carbocycles. The van der Waals surface area contributed by atoms with Gasteiger partial charge in [-0.25, -0.2) is 0 Å². The second-order valence-electron chi connectivity index (χ2n) is 8.77. The number of anilines is 2. The lowest BCUT2D eigenvalue weighted by Gasteiger charge is -2.39. The number of Topliss-reactive ketones (excluding diaryl/α,β-unsaturated/α-hetero) is 1. The number of carbonyl (C=O) groups is 1. The van der Waals surface area contributed by atoms with Crippen LogP contribution in [0.5, 0.6) is 0 Å². The third-order valence-electron chi connectivity index (χ3n) is 6.62. The number of fused-ring (bicyclic) bond motifs is 2. The number of carbonyl (C=O) groups excluding carboxylic acids is 1. The largest absolute Gasteiger partial charge is 0.408 e. The number of hydrogen-bond donors (Lipinski definition) is 0. The monoisotopic (exact) mass is 463 g/mol. The Balaban J connectivity index is 1.55. The molecule has 3 aliphatic rings. The highest BCUT2D eigenvalue weighted by molar-refractivity contribution is 6.00. The fourth-order valence-electron chi connectivity index (χ4n) is 4.79. The lowest BCUT2D eigenvalue weighted by molar-refractivity contribution is -0.152. The van der Waals surface area contributed by atoms with E-state index in [2.05, 4.69) is 9.97 Å². The third kappa shape index (κ3) is 4.09. The third-order valence-corrected chi connectivity index (χ3v) is 6.62. The molecule has 2 fully saturated rings. The van der Waals surface area contributed by atoms with Gasteiger partial charge in [-0.1, -0.05) is 0 Å². The Hall–Kier alpha value is -2.95. The van der Waals surface area contributed by atoms with E-state index in [9.17, 15) is 22.8 Å². The van der Waals surface area contributed by atoms with Crippen molar-refractivity contribution in [3.8, 4) is 0 Å². The van der Waals surface area contributed by atoms with Crippen molar-refractivity contribution in [2.75, 3.05) is 36.1 Å². The minimum absolute atomic E-state index is 0.114. The van der Waals surface area contributed by atoms with Gasteiger partial charge in [-0.3, -0.25) is 19.1 Å². The summed E-state index contributed by atoms with van der Waals surface area (Å²) < 4.78 is 48.8. The molecule has 2 unspecified atom stereocenters. The van der Waals surface area contributed by atoms with Gasteiger partial charge in [-0.15, -0.1) is 0 Å². The first kappa shape index (κ1) is 21.9. The molecule has 0 amide bonds. The Morgan fingerprint density at radius 3 is 2.88 bits per heavy atom. The molecule has 176 valence electrons. The van der Waals surface area contributed by atoms with Crippen molar-refractivity contribution < 1.29 is 22.7 Å². The van der Waals surface area contributed by atoms with Crippen molar-refractivity contribution in [3.63, 3.8) is 0 Å². The standard InChI is InChI=1S/C22H24F3N5O3/c1-13-15(3-2-5-26-13)17(31)11-30-18(22(23,24)25)4-6-29-20(32)10-19(27-21(29)30)28-7-8-33-12-14-9-16(14)28/h2-3,5,10,14,16,18H,4,6-9,11-12H2,1H3/t14?,16?,18-/m0/s1. The van der Waals surface area contributed by atoms with Crippen molar-refractivity contribution in [2.24, 2.45) is 5.92 Å². The summed E-state index contributed by atoms with van der Waals surface area (Å²) in [6.45, 7) is 2.56. The predicted molar refractivity (Wildman–Crippen MR) is 114 cm³/mol. The van der Waals surface area contributed by atoms with E-state index in [-0.39, 0.29) is 30.5 Å². The molecule has 0 radical (unpaired) electrons. The van der Waals surface area contributed by atoms with E-state index in [0.717, 1.165) is 11.3 Å². The summed E-state index contributed by atoms with van der Waals surface area (Å²) in [6.07, 6.45) is -2.50. The van der Waals surface area contributed by atoms with Crippen molar-refractivity contribution >= 4 is 17.5 Å². The van der Waals surface area contributed by atoms with E-state index in [1.807, 2.05) is 4.90 Å². The average molecular weight is 463 g/mol. The maximum absolute atomic E-state index is 14.0. The first-order valence-corrected chi connectivity index (χ1v) is 11.0. The summed E-state index contributed by atoms with van der Waals surface area (Å²) in [4.78, 5) is 37.4. The van der Waals surface area contributed by atoms with Gasteiger partial charge in [0.15, 0.2) is 5.78 Å². The Morgan fingerprint density at radius 1 is 1.30 bits per heavy atom. The van der Waals surface area contributed by atoms with E-state index in [1.54, 1.807) is 19.1 Å². The first-order valence-electron chi connectivity index (χ1n) is 11.0. The number of ketones is 1. The van der Waals surface area contributed by atoms with Crippen LogP contribution in [-0.4, -0.2) is 64.9 Å². The van der Waals surface area contributed by atoms with E-state index in [0.29, 0.717) is 37.2 Å². The number of pyridine rings is 1. The Morgan fingerprint density at radius 2 is 2.12 bits per heavy atom. The molecule has 0 aromatic carbocycles. The highest BCUT2D eigenvalue weighted by atomic mass is 19.4. The highest BCUT2D eigenvalue weighted by Crippen LogP contribution is 2.40. The van der Waals surface area contributed by atoms with Crippen LogP contribution >= 0.6 is 0 Å². The molecule has 1 saturated carbocycles. The molecule has 1 saturated heterocycles. The van der Waals surface area contributed by atoms with Crippen LogP contribution in [0.4, 0.5) is 24.9 Å². The Kier molecular flexibility index (Phi) is 5.38. The number of halogens is 3. The van der Waals surface area contributed by atoms with Gasteiger partial charge in [-0.05, 0) is 31.9 Å². The van der Waals surface area contributed by atoms with Gasteiger partial charge in [0.05, 0.1) is 19.8 Å². The average Bonchev–Trinajstić information content (AvgIpc) is 3.53. The van der Waals surface area contributed by atoms with Crippen molar-refractivity contribution in [1.29, 1.82) is 0 Å². The van der Waals surface area contributed by atoms with Crippen molar-refractivity contribution in [2.45, 2.75) is 44.6 Å². The molecule has 11 heteroatoms. The Bertz CT molecular complexity index is 1130. The molecule has 8 nitrogen and oxygen atoms in total. The summed E-state index contributed by atoms with van der Waals surface area (Å²) >= 11 is 0. The number of ether oxygens (including phenoxy) is 1. The predicted octanol–water partition coefficient (Wildman–Crippen LogP) is 2.20. The SMILES string of the molecule is Cc1ncccc1C(=O)CN1c2nc(N3CCOCC4CC43)cc(=O)n2CC[C@H]1C(F)(F)F. The van der Waals surface area contributed by atoms with Crippen LogP contribution in [0.25, 0.3) is 0 Å². The molecule has 0 spiro atoms. The maximum Gasteiger partial charge on any atom is 0.408 e. The number of nitrogens with zero attached hydrogens (tertiary/aromatic N) is 5. The van der Waals surface area contributed by atoms with Crippen molar-refractivity contribution in [1.82, 2.24) is 14.5 Å². The zero-order valence-electron chi connectivity index (χ0n) is 18.1.